The Morgan fingerprint density at radius 2 is 1.86 bits per heavy atom. The third kappa shape index (κ3) is 2.10. The van der Waals surface area contributed by atoms with Gasteiger partial charge >= 0.3 is 6.03 Å². The van der Waals surface area contributed by atoms with Gasteiger partial charge in [0, 0.05) is 26.1 Å². The number of ether oxygens (including phenoxy) is 2. The molecule has 3 aliphatic rings. The predicted molar refractivity (Wildman–Crippen MR) is 76.8 cm³/mol. The molecule has 1 aromatic carbocycles. The molecule has 0 unspecified atom stereocenters. The van der Waals surface area contributed by atoms with Gasteiger partial charge in [-0.2, -0.15) is 0 Å². The molecule has 4 rings (SSSR count). The molecule has 0 aromatic heterocycles. The Balaban J connectivity index is 1.55. The van der Waals surface area contributed by atoms with Crippen LogP contribution in [0.4, 0.5) is 4.79 Å². The summed E-state index contributed by atoms with van der Waals surface area (Å²) < 4.78 is 10.7. The van der Waals surface area contributed by atoms with Crippen LogP contribution in [0.3, 0.4) is 0 Å². The standard InChI is InChI=1S/C16H18N2O4/c19-14-16(3-5-21-6-4-16)17-15(20)18(14)8-11-1-2-12-9-22-10-13(12)7-11/h1-2,7H,3-6,8-10H2,(H,17,20). The van der Waals surface area contributed by atoms with Gasteiger partial charge in [0.1, 0.15) is 5.54 Å². The van der Waals surface area contributed by atoms with E-state index >= 15 is 0 Å². The van der Waals surface area contributed by atoms with Crippen LogP contribution >= 0.6 is 0 Å². The van der Waals surface area contributed by atoms with E-state index in [1.807, 2.05) is 18.2 Å². The van der Waals surface area contributed by atoms with Crippen LogP contribution in [0.15, 0.2) is 18.2 Å². The highest BCUT2D eigenvalue weighted by Crippen LogP contribution is 2.30. The highest BCUT2D eigenvalue weighted by atomic mass is 16.5. The second-order valence-electron chi connectivity index (χ2n) is 6.11. The summed E-state index contributed by atoms with van der Waals surface area (Å²) in [5.74, 6) is -0.127. The number of nitrogens with zero attached hydrogens (tertiary/aromatic N) is 1. The van der Waals surface area contributed by atoms with Crippen molar-refractivity contribution in [2.45, 2.75) is 38.1 Å². The normalized spacial score (nSPS) is 23.0. The fourth-order valence-corrected chi connectivity index (χ4v) is 3.38. The minimum absolute atomic E-state index is 0.127. The van der Waals surface area contributed by atoms with E-state index in [4.69, 9.17) is 9.47 Å². The van der Waals surface area contributed by atoms with Crippen LogP contribution < -0.4 is 5.32 Å². The Labute approximate surface area is 128 Å². The second kappa shape index (κ2) is 5.07. The molecule has 0 saturated carbocycles. The highest BCUT2D eigenvalue weighted by molar-refractivity contribution is 6.07. The summed E-state index contributed by atoms with van der Waals surface area (Å²) in [5, 5.41) is 2.87. The molecular weight excluding hydrogens is 284 g/mol. The molecule has 1 spiro atoms. The Morgan fingerprint density at radius 3 is 2.68 bits per heavy atom. The molecule has 22 heavy (non-hydrogen) atoms. The molecule has 0 atom stereocenters. The Bertz CT molecular complexity index is 637. The van der Waals surface area contributed by atoms with Crippen molar-refractivity contribution < 1.29 is 19.1 Å². The van der Waals surface area contributed by atoms with Gasteiger partial charge in [-0.05, 0) is 16.7 Å². The van der Waals surface area contributed by atoms with Gasteiger partial charge in [0.15, 0.2) is 0 Å². The van der Waals surface area contributed by atoms with Crippen LogP contribution in [0.2, 0.25) is 0 Å². The molecule has 2 saturated heterocycles. The smallest absolute Gasteiger partial charge is 0.325 e. The van der Waals surface area contributed by atoms with Crippen LogP contribution in [0, 0.1) is 0 Å². The summed E-state index contributed by atoms with van der Waals surface area (Å²) in [6, 6.07) is 5.70. The summed E-state index contributed by atoms with van der Waals surface area (Å²) in [6.07, 6.45) is 1.10. The average molecular weight is 302 g/mol. The Kier molecular flexibility index (Phi) is 3.16. The molecule has 1 aromatic rings. The van der Waals surface area contributed by atoms with Gasteiger partial charge in [0.05, 0.1) is 19.8 Å². The molecule has 1 N–H and O–H groups in total. The Morgan fingerprint density at radius 1 is 1.09 bits per heavy atom. The van der Waals surface area contributed by atoms with E-state index in [1.54, 1.807) is 0 Å². The maximum Gasteiger partial charge on any atom is 0.325 e. The van der Waals surface area contributed by atoms with E-state index < -0.39 is 5.54 Å². The van der Waals surface area contributed by atoms with Crippen molar-refractivity contribution in [1.82, 2.24) is 10.2 Å². The first-order valence-corrected chi connectivity index (χ1v) is 7.58. The zero-order valence-electron chi connectivity index (χ0n) is 12.3. The third-order valence-electron chi connectivity index (χ3n) is 4.72. The highest BCUT2D eigenvalue weighted by Gasteiger charge is 2.51. The number of rotatable bonds is 2. The summed E-state index contributed by atoms with van der Waals surface area (Å²) in [7, 11) is 0. The molecule has 0 radical (unpaired) electrons. The van der Waals surface area contributed by atoms with Crippen LogP contribution in [0.1, 0.15) is 29.5 Å². The van der Waals surface area contributed by atoms with Crippen molar-refractivity contribution >= 4 is 11.9 Å². The first kappa shape index (κ1) is 13.7. The monoisotopic (exact) mass is 302 g/mol. The number of fused-ring (bicyclic) bond motifs is 1. The van der Waals surface area contributed by atoms with Crippen molar-refractivity contribution in [3.63, 3.8) is 0 Å². The maximum absolute atomic E-state index is 12.7. The van der Waals surface area contributed by atoms with E-state index in [0.29, 0.717) is 45.8 Å². The first-order chi connectivity index (χ1) is 10.7. The molecule has 116 valence electrons. The molecule has 3 amide bonds. The number of urea groups is 1. The van der Waals surface area contributed by atoms with E-state index in [1.165, 1.54) is 10.5 Å². The maximum atomic E-state index is 12.7. The lowest BCUT2D eigenvalue weighted by molar-refractivity contribution is -0.134. The third-order valence-corrected chi connectivity index (χ3v) is 4.72. The first-order valence-electron chi connectivity index (χ1n) is 7.58. The zero-order chi connectivity index (χ0) is 15.2. The topological polar surface area (TPSA) is 67.9 Å². The summed E-state index contributed by atoms with van der Waals surface area (Å²) in [6.45, 7) is 2.57. The lowest BCUT2D eigenvalue weighted by Crippen LogP contribution is -2.51. The fraction of sp³-hybridized carbons (Fsp3) is 0.500. The van der Waals surface area contributed by atoms with Gasteiger partial charge in [-0.25, -0.2) is 4.79 Å². The van der Waals surface area contributed by atoms with E-state index in [2.05, 4.69) is 5.32 Å². The fourth-order valence-electron chi connectivity index (χ4n) is 3.38. The molecule has 2 fully saturated rings. The molecule has 6 nitrogen and oxygen atoms in total. The number of benzene rings is 1. The average Bonchev–Trinajstić information content (AvgIpc) is 3.07. The minimum Gasteiger partial charge on any atom is -0.381 e. The van der Waals surface area contributed by atoms with Crippen LogP contribution in [-0.4, -0.2) is 35.6 Å². The Hall–Kier alpha value is -1.92. The number of imide groups is 1. The number of nitrogens with one attached hydrogen (secondary N) is 1. The molecule has 6 heteroatoms. The van der Waals surface area contributed by atoms with Gasteiger partial charge < -0.3 is 14.8 Å². The van der Waals surface area contributed by atoms with Crippen molar-refractivity contribution in [2.75, 3.05) is 13.2 Å². The molecule has 3 heterocycles. The van der Waals surface area contributed by atoms with Crippen molar-refractivity contribution in [3.8, 4) is 0 Å². The van der Waals surface area contributed by atoms with E-state index in [-0.39, 0.29) is 11.9 Å². The van der Waals surface area contributed by atoms with Crippen molar-refractivity contribution in [1.29, 1.82) is 0 Å². The molecule has 0 bridgehead atoms. The van der Waals surface area contributed by atoms with Crippen LogP contribution in [0.25, 0.3) is 0 Å². The SMILES string of the molecule is O=C1NC2(CCOCC2)C(=O)N1Cc1ccc2c(c1)COC2. The summed E-state index contributed by atoms with van der Waals surface area (Å²) in [4.78, 5) is 26.2. The quantitative estimate of drug-likeness (QED) is 0.837. The van der Waals surface area contributed by atoms with Gasteiger partial charge in [-0.3, -0.25) is 9.69 Å². The van der Waals surface area contributed by atoms with Gasteiger partial charge in [0.2, 0.25) is 0 Å². The summed E-state index contributed by atoms with van der Waals surface area (Å²) >= 11 is 0. The van der Waals surface area contributed by atoms with E-state index in [0.717, 1.165) is 11.1 Å². The predicted octanol–water partition coefficient (Wildman–Crippen LogP) is 1.32. The molecule has 3 aliphatic heterocycles. The van der Waals surface area contributed by atoms with Gasteiger partial charge in [0.25, 0.3) is 5.91 Å². The van der Waals surface area contributed by atoms with Gasteiger partial charge in [-0.1, -0.05) is 18.2 Å². The number of hydrogen-bond acceptors (Lipinski definition) is 4. The van der Waals surface area contributed by atoms with Crippen LogP contribution in [-0.2, 0) is 34.0 Å². The number of carbonyl (C=O) groups is 2. The van der Waals surface area contributed by atoms with E-state index in [9.17, 15) is 9.59 Å². The number of hydrogen-bond donors (Lipinski definition) is 1. The largest absolute Gasteiger partial charge is 0.381 e. The van der Waals surface area contributed by atoms with Crippen molar-refractivity contribution in [2.24, 2.45) is 0 Å². The summed E-state index contributed by atoms with van der Waals surface area (Å²) in [5.41, 5.74) is 2.53. The number of amides is 3. The molecule has 0 aliphatic carbocycles. The lowest BCUT2D eigenvalue weighted by Gasteiger charge is -2.30. The van der Waals surface area contributed by atoms with Gasteiger partial charge in [-0.15, -0.1) is 0 Å². The lowest BCUT2D eigenvalue weighted by atomic mass is 9.90. The number of carbonyl (C=O) groups excluding carboxylic acids is 2. The van der Waals surface area contributed by atoms with Crippen LogP contribution in [0.5, 0.6) is 0 Å². The second-order valence-corrected chi connectivity index (χ2v) is 6.11. The zero-order valence-corrected chi connectivity index (χ0v) is 12.3. The minimum atomic E-state index is -0.755. The van der Waals surface area contributed by atoms with Crippen molar-refractivity contribution in [3.05, 3.63) is 34.9 Å². The molecular formula is C16H18N2O4.